The van der Waals surface area contributed by atoms with Crippen LogP contribution in [0.4, 0.5) is 0 Å². The van der Waals surface area contributed by atoms with Crippen molar-refractivity contribution in [2.45, 2.75) is 19.3 Å². The summed E-state index contributed by atoms with van der Waals surface area (Å²) >= 11 is 0. The van der Waals surface area contributed by atoms with E-state index in [1.54, 1.807) is 0 Å². The summed E-state index contributed by atoms with van der Waals surface area (Å²) in [4.78, 5) is 0. The molecule has 0 saturated carbocycles. The van der Waals surface area contributed by atoms with Gasteiger partial charge in [-0.3, -0.25) is 0 Å². The molecule has 0 nitrogen and oxygen atoms in total. The highest BCUT2D eigenvalue weighted by Gasteiger charge is 2.37. The van der Waals surface area contributed by atoms with Crippen LogP contribution in [0.15, 0.2) is 352 Å². The van der Waals surface area contributed by atoms with Gasteiger partial charge < -0.3 is 0 Å². The van der Waals surface area contributed by atoms with Gasteiger partial charge >= 0.3 is 0 Å². The first kappa shape index (κ1) is 55.8. The number of fused-ring (bicyclic) bond motifs is 12. The fourth-order valence-electron chi connectivity index (χ4n) is 15.9. The summed E-state index contributed by atoms with van der Waals surface area (Å²) < 4.78 is 0. The molecular weight excluding hydrogens is 1140 g/mol. The average molecular weight is 1210 g/mol. The predicted octanol–water partition coefficient (Wildman–Crippen LogP) is 26.6. The molecular formula is C95H64. The normalized spacial score (nSPS) is 12.4. The first-order valence-electron chi connectivity index (χ1n) is 33.2. The highest BCUT2D eigenvalue weighted by Crippen LogP contribution is 2.54. The third-order valence-corrected chi connectivity index (χ3v) is 20.4. The molecule has 0 unspecified atom stereocenters. The lowest BCUT2D eigenvalue weighted by Gasteiger charge is -2.24. The Bertz CT molecular complexity index is 6090. The molecule has 0 aliphatic heterocycles. The Balaban J connectivity index is 0.000000143. The largest absolute Gasteiger partial charge is 0.0622 e. The zero-order chi connectivity index (χ0) is 63.1. The van der Waals surface area contributed by atoms with Gasteiger partial charge in [0.05, 0.1) is 0 Å². The lowest BCUT2D eigenvalue weighted by atomic mass is 9.79. The van der Waals surface area contributed by atoms with E-state index >= 15 is 0 Å². The van der Waals surface area contributed by atoms with Gasteiger partial charge in [-0.25, -0.2) is 0 Å². The maximum atomic E-state index is 2.46. The molecule has 0 heterocycles. The second-order valence-electron chi connectivity index (χ2n) is 26.2. The molecule has 95 heavy (non-hydrogen) atoms. The Morgan fingerprint density at radius 3 is 0.947 bits per heavy atom. The van der Waals surface area contributed by atoms with Crippen molar-refractivity contribution >= 4 is 86.2 Å². The standard InChI is InChI=1S/C53H36.C42H28/c1-53(2)49-32-39(24-26-43(49)47-28-23-35-13-7-8-16-42(35)52(47)53)38-25-27-46-48(31-38)51(41-22-20-34-12-4-6-15-37(34)30-41)45-18-10-9-17-44(45)50(46)40-21-19-33-11-3-5-14-36(33)29-40;1-3-11-29(12-4-1)32-19-22-33(23-20-32)41-37-17-9-10-18-38(37)42(36-24-21-31-15-7-8-16-34(31)27-36)39-26-25-35(28-40(39)41)30-13-5-2-6-14-30/h3-32H,1-2H3;1-28H. The first-order chi connectivity index (χ1) is 46.9. The van der Waals surface area contributed by atoms with Crippen LogP contribution in [0.2, 0.25) is 0 Å². The van der Waals surface area contributed by atoms with Gasteiger partial charge in [-0.15, -0.1) is 0 Å². The van der Waals surface area contributed by atoms with Gasteiger partial charge in [0.15, 0.2) is 0 Å². The molecule has 0 fully saturated rings. The van der Waals surface area contributed by atoms with Crippen LogP contribution >= 0.6 is 0 Å². The Kier molecular flexibility index (Phi) is 13.3. The van der Waals surface area contributed by atoms with Crippen molar-refractivity contribution in [2.24, 2.45) is 0 Å². The van der Waals surface area contributed by atoms with Crippen LogP contribution in [-0.2, 0) is 5.41 Å². The molecule has 0 aromatic heterocycles. The molecule has 1 aliphatic rings. The number of rotatable bonds is 7. The maximum Gasteiger partial charge on any atom is 0.0165 e. The van der Waals surface area contributed by atoms with Crippen LogP contribution in [0, 0.1) is 0 Å². The second kappa shape index (κ2) is 22.7. The van der Waals surface area contributed by atoms with Crippen LogP contribution < -0.4 is 0 Å². The van der Waals surface area contributed by atoms with Gasteiger partial charge in [0.25, 0.3) is 0 Å². The van der Waals surface area contributed by atoms with Crippen molar-refractivity contribution in [3.8, 4) is 89.0 Å². The zero-order valence-electron chi connectivity index (χ0n) is 53.0. The third-order valence-electron chi connectivity index (χ3n) is 20.4. The molecule has 444 valence electrons. The average Bonchev–Trinajstić information content (AvgIpc) is 1.65. The smallest absolute Gasteiger partial charge is 0.0165 e. The third kappa shape index (κ3) is 9.51. The van der Waals surface area contributed by atoms with E-state index in [1.165, 1.54) is 186 Å². The highest BCUT2D eigenvalue weighted by atomic mass is 14.4. The van der Waals surface area contributed by atoms with Crippen LogP contribution in [0.25, 0.3) is 175 Å². The fraction of sp³-hybridized carbons (Fsp3) is 0.0316. The molecule has 0 atom stereocenters. The summed E-state index contributed by atoms with van der Waals surface area (Å²) in [6.45, 7) is 4.79. The maximum absolute atomic E-state index is 2.46. The predicted molar refractivity (Wildman–Crippen MR) is 409 cm³/mol. The van der Waals surface area contributed by atoms with E-state index in [1.807, 2.05) is 0 Å². The van der Waals surface area contributed by atoms with E-state index in [0.29, 0.717) is 0 Å². The summed E-state index contributed by atoms with van der Waals surface area (Å²) in [5, 5.41) is 20.4. The summed E-state index contributed by atoms with van der Waals surface area (Å²) in [6.07, 6.45) is 0. The minimum Gasteiger partial charge on any atom is -0.0622 e. The Morgan fingerprint density at radius 2 is 0.463 bits per heavy atom. The van der Waals surface area contributed by atoms with Crippen LogP contribution in [0.5, 0.6) is 0 Å². The number of hydrogen-bond acceptors (Lipinski definition) is 0. The first-order valence-corrected chi connectivity index (χ1v) is 33.2. The molecule has 0 radical (unpaired) electrons. The highest BCUT2D eigenvalue weighted by molar-refractivity contribution is 6.24. The molecule has 0 amide bonds. The van der Waals surface area contributed by atoms with Crippen LogP contribution in [-0.4, -0.2) is 0 Å². The van der Waals surface area contributed by atoms with Gasteiger partial charge in [0.2, 0.25) is 0 Å². The Labute approximate surface area is 553 Å². The fourth-order valence-corrected chi connectivity index (χ4v) is 15.9. The molecule has 18 aromatic rings. The molecule has 0 saturated heterocycles. The summed E-state index contributed by atoms with van der Waals surface area (Å²) in [6, 6.07) is 130. The molecule has 0 N–H and O–H groups in total. The van der Waals surface area contributed by atoms with Crippen molar-refractivity contribution < 1.29 is 0 Å². The molecule has 19 rings (SSSR count). The van der Waals surface area contributed by atoms with E-state index in [9.17, 15) is 0 Å². The van der Waals surface area contributed by atoms with E-state index in [0.717, 1.165) is 0 Å². The molecule has 1 aliphatic carbocycles. The summed E-state index contributed by atoms with van der Waals surface area (Å²) in [5.74, 6) is 0. The monoisotopic (exact) mass is 1200 g/mol. The quantitative estimate of drug-likeness (QED) is 0.140. The number of hydrogen-bond donors (Lipinski definition) is 0. The summed E-state index contributed by atoms with van der Waals surface area (Å²) in [5.41, 5.74) is 22.9. The molecule has 0 bridgehead atoms. The van der Waals surface area contributed by atoms with Crippen molar-refractivity contribution in [3.63, 3.8) is 0 Å². The second-order valence-corrected chi connectivity index (χ2v) is 26.2. The SMILES string of the molecule is CC1(C)c2cc(-c3ccc4c(-c5ccc6ccccc6c5)c5ccccc5c(-c5ccc6ccccc6c5)c4c3)ccc2-c2ccc3ccccc3c21.c1ccc(-c2ccc(-c3c4ccccc4c(-c4ccc5ccccc5c4)c4ccc(-c5ccccc5)cc34)cc2)cc1. The van der Waals surface area contributed by atoms with Crippen LogP contribution in [0.1, 0.15) is 25.0 Å². The molecule has 0 spiro atoms. The zero-order valence-corrected chi connectivity index (χ0v) is 53.0. The lowest BCUT2D eigenvalue weighted by Crippen LogP contribution is -2.15. The van der Waals surface area contributed by atoms with E-state index < -0.39 is 0 Å². The van der Waals surface area contributed by atoms with Gasteiger partial charge in [-0.1, -0.05) is 329 Å². The minimum atomic E-state index is -0.117. The minimum absolute atomic E-state index is 0.117. The van der Waals surface area contributed by atoms with Crippen molar-refractivity contribution in [2.75, 3.05) is 0 Å². The topological polar surface area (TPSA) is 0 Å². The Hall–Kier alpha value is -12.0. The molecule has 18 aromatic carbocycles. The van der Waals surface area contributed by atoms with E-state index in [2.05, 4.69) is 366 Å². The Morgan fingerprint density at radius 1 is 0.168 bits per heavy atom. The van der Waals surface area contributed by atoms with Gasteiger partial charge in [-0.05, 0) is 223 Å². The van der Waals surface area contributed by atoms with Gasteiger partial charge in [0.1, 0.15) is 0 Å². The van der Waals surface area contributed by atoms with E-state index in [-0.39, 0.29) is 5.41 Å². The van der Waals surface area contributed by atoms with E-state index in [4.69, 9.17) is 0 Å². The van der Waals surface area contributed by atoms with Crippen molar-refractivity contribution in [1.82, 2.24) is 0 Å². The lowest BCUT2D eigenvalue weighted by molar-refractivity contribution is 0.666. The molecule has 0 heteroatoms. The summed E-state index contributed by atoms with van der Waals surface area (Å²) in [7, 11) is 0. The van der Waals surface area contributed by atoms with Crippen molar-refractivity contribution in [1.29, 1.82) is 0 Å². The van der Waals surface area contributed by atoms with Gasteiger partial charge in [0, 0.05) is 5.41 Å². The van der Waals surface area contributed by atoms with Crippen LogP contribution in [0.3, 0.4) is 0 Å². The van der Waals surface area contributed by atoms with Gasteiger partial charge in [-0.2, -0.15) is 0 Å². The number of benzene rings is 18. The van der Waals surface area contributed by atoms with Crippen molar-refractivity contribution in [3.05, 3.63) is 363 Å².